The summed E-state index contributed by atoms with van der Waals surface area (Å²) >= 11 is 0. The smallest absolute Gasteiger partial charge is 0.0469 e. The summed E-state index contributed by atoms with van der Waals surface area (Å²) in [6.45, 7) is 6.46. The van der Waals surface area contributed by atoms with Crippen molar-refractivity contribution in [2.24, 2.45) is 5.92 Å². The van der Waals surface area contributed by atoms with Crippen LogP contribution in [0.25, 0.3) is 0 Å². The Hall–Kier alpha value is -0.120. The highest BCUT2D eigenvalue weighted by molar-refractivity contribution is 4.77. The van der Waals surface area contributed by atoms with Crippen LogP contribution in [0.4, 0.5) is 0 Å². The molecule has 2 atom stereocenters. The van der Waals surface area contributed by atoms with Crippen molar-refractivity contribution in [3.63, 3.8) is 0 Å². The van der Waals surface area contributed by atoms with Crippen LogP contribution in [-0.2, 0) is 4.74 Å². The van der Waals surface area contributed by atoms with Crippen LogP contribution in [0.3, 0.4) is 0 Å². The van der Waals surface area contributed by atoms with Crippen LogP contribution < -0.4 is 5.32 Å². The number of rotatable bonds is 5. The molecule has 84 valence electrons. The van der Waals surface area contributed by atoms with Gasteiger partial charge in [0.15, 0.2) is 0 Å². The second-order valence-corrected chi connectivity index (χ2v) is 4.32. The molecule has 3 nitrogen and oxygen atoms in total. The fourth-order valence-electron chi connectivity index (χ4n) is 2.08. The number of hydrogen-bond donors (Lipinski definition) is 2. The van der Waals surface area contributed by atoms with Crippen LogP contribution in [0.5, 0.6) is 0 Å². The molecule has 1 fully saturated rings. The van der Waals surface area contributed by atoms with Gasteiger partial charge in [-0.05, 0) is 39.0 Å². The Morgan fingerprint density at radius 3 is 2.57 bits per heavy atom. The van der Waals surface area contributed by atoms with Gasteiger partial charge in [-0.3, -0.25) is 0 Å². The largest absolute Gasteiger partial charge is 0.396 e. The fourth-order valence-corrected chi connectivity index (χ4v) is 2.08. The maximum atomic E-state index is 8.80. The molecule has 14 heavy (non-hydrogen) atoms. The van der Waals surface area contributed by atoms with Crippen molar-refractivity contribution in [1.82, 2.24) is 5.32 Å². The quantitative estimate of drug-likeness (QED) is 0.701. The van der Waals surface area contributed by atoms with E-state index in [9.17, 15) is 0 Å². The summed E-state index contributed by atoms with van der Waals surface area (Å²) < 4.78 is 5.33. The van der Waals surface area contributed by atoms with Crippen molar-refractivity contribution in [2.75, 3.05) is 19.8 Å². The first kappa shape index (κ1) is 12.0. The predicted octanol–water partition coefficient (Wildman–Crippen LogP) is 1.16. The normalized spacial score (nSPS) is 23.4. The SMILES string of the molecule is CC(N[C@H](C)CCO)C1CCOCC1. The van der Waals surface area contributed by atoms with E-state index in [-0.39, 0.29) is 6.61 Å². The first-order valence-electron chi connectivity index (χ1n) is 5.68. The molecule has 1 rings (SSSR count). The molecule has 1 aliphatic heterocycles. The maximum absolute atomic E-state index is 8.80. The van der Waals surface area contributed by atoms with Gasteiger partial charge in [-0.25, -0.2) is 0 Å². The van der Waals surface area contributed by atoms with E-state index >= 15 is 0 Å². The summed E-state index contributed by atoms with van der Waals surface area (Å²) in [7, 11) is 0. The summed E-state index contributed by atoms with van der Waals surface area (Å²) in [6.07, 6.45) is 3.17. The lowest BCUT2D eigenvalue weighted by atomic mass is 9.92. The van der Waals surface area contributed by atoms with E-state index in [2.05, 4.69) is 19.2 Å². The first-order chi connectivity index (χ1) is 6.74. The van der Waals surface area contributed by atoms with Gasteiger partial charge in [-0.15, -0.1) is 0 Å². The van der Waals surface area contributed by atoms with Crippen LogP contribution in [0.15, 0.2) is 0 Å². The molecule has 1 heterocycles. The molecule has 0 aromatic carbocycles. The lowest BCUT2D eigenvalue weighted by Crippen LogP contribution is -2.41. The predicted molar refractivity (Wildman–Crippen MR) is 57.3 cm³/mol. The molecule has 3 heteroatoms. The van der Waals surface area contributed by atoms with Crippen molar-refractivity contribution in [2.45, 2.75) is 45.2 Å². The molecule has 0 spiro atoms. The van der Waals surface area contributed by atoms with E-state index in [0.717, 1.165) is 25.6 Å². The Bertz CT molecular complexity index is 146. The van der Waals surface area contributed by atoms with Crippen molar-refractivity contribution >= 4 is 0 Å². The zero-order chi connectivity index (χ0) is 10.4. The zero-order valence-corrected chi connectivity index (χ0v) is 9.33. The standard InChI is InChI=1S/C11H23NO2/c1-9(3-6-13)12-10(2)11-4-7-14-8-5-11/h9-13H,3-8H2,1-2H3/t9-,10?/m1/s1. The van der Waals surface area contributed by atoms with Gasteiger partial charge in [0.1, 0.15) is 0 Å². The van der Waals surface area contributed by atoms with Gasteiger partial charge in [0.25, 0.3) is 0 Å². The van der Waals surface area contributed by atoms with Crippen LogP contribution >= 0.6 is 0 Å². The number of ether oxygens (including phenoxy) is 1. The van der Waals surface area contributed by atoms with Crippen molar-refractivity contribution in [3.05, 3.63) is 0 Å². The second kappa shape index (κ2) is 6.38. The summed E-state index contributed by atoms with van der Waals surface area (Å²) in [5.41, 5.74) is 0. The molecule has 1 unspecified atom stereocenters. The van der Waals surface area contributed by atoms with E-state index in [4.69, 9.17) is 9.84 Å². The molecule has 1 aliphatic rings. The fraction of sp³-hybridized carbons (Fsp3) is 1.00. The van der Waals surface area contributed by atoms with Gasteiger partial charge in [-0.2, -0.15) is 0 Å². The molecule has 0 aromatic heterocycles. The zero-order valence-electron chi connectivity index (χ0n) is 9.33. The molecular formula is C11H23NO2. The minimum atomic E-state index is 0.272. The van der Waals surface area contributed by atoms with Crippen molar-refractivity contribution in [1.29, 1.82) is 0 Å². The van der Waals surface area contributed by atoms with Gasteiger partial charge in [0.2, 0.25) is 0 Å². The van der Waals surface area contributed by atoms with Crippen LogP contribution in [0, 0.1) is 5.92 Å². The minimum Gasteiger partial charge on any atom is -0.396 e. The Kier molecular flexibility index (Phi) is 5.45. The molecule has 0 saturated carbocycles. The number of aliphatic hydroxyl groups is 1. The Balaban J connectivity index is 2.21. The summed E-state index contributed by atoms with van der Waals surface area (Å²) in [4.78, 5) is 0. The summed E-state index contributed by atoms with van der Waals surface area (Å²) in [6, 6.07) is 0.957. The highest BCUT2D eigenvalue weighted by Gasteiger charge is 2.21. The third kappa shape index (κ3) is 3.95. The Labute approximate surface area is 86.8 Å². The van der Waals surface area contributed by atoms with Gasteiger partial charge >= 0.3 is 0 Å². The molecule has 0 aliphatic carbocycles. The van der Waals surface area contributed by atoms with Crippen LogP contribution in [0.1, 0.15) is 33.1 Å². The molecule has 0 aromatic rings. The van der Waals surface area contributed by atoms with Gasteiger partial charge < -0.3 is 15.2 Å². The molecular weight excluding hydrogens is 178 g/mol. The van der Waals surface area contributed by atoms with Gasteiger partial charge in [-0.1, -0.05) is 0 Å². The first-order valence-corrected chi connectivity index (χ1v) is 5.68. The molecule has 0 radical (unpaired) electrons. The average Bonchev–Trinajstić information content (AvgIpc) is 2.19. The van der Waals surface area contributed by atoms with E-state index in [0.29, 0.717) is 12.1 Å². The van der Waals surface area contributed by atoms with Crippen LogP contribution in [0.2, 0.25) is 0 Å². The van der Waals surface area contributed by atoms with Gasteiger partial charge in [0.05, 0.1) is 0 Å². The topological polar surface area (TPSA) is 41.5 Å². The molecule has 0 amide bonds. The third-order valence-corrected chi connectivity index (χ3v) is 3.08. The summed E-state index contributed by atoms with van der Waals surface area (Å²) in [5.74, 6) is 0.741. The Morgan fingerprint density at radius 1 is 1.36 bits per heavy atom. The minimum absolute atomic E-state index is 0.272. The number of aliphatic hydroxyl groups excluding tert-OH is 1. The average molecular weight is 201 g/mol. The highest BCUT2D eigenvalue weighted by atomic mass is 16.5. The number of nitrogens with one attached hydrogen (secondary N) is 1. The van der Waals surface area contributed by atoms with Crippen LogP contribution in [-0.4, -0.2) is 37.0 Å². The van der Waals surface area contributed by atoms with Gasteiger partial charge in [0, 0.05) is 31.9 Å². The molecule has 0 bridgehead atoms. The van der Waals surface area contributed by atoms with E-state index in [1.807, 2.05) is 0 Å². The maximum Gasteiger partial charge on any atom is 0.0469 e. The lowest BCUT2D eigenvalue weighted by molar-refractivity contribution is 0.0542. The second-order valence-electron chi connectivity index (χ2n) is 4.32. The summed E-state index contributed by atoms with van der Waals surface area (Å²) in [5, 5.41) is 12.3. The monoisotopic (exact) mass is 201 g/mol. The van der Waals surface area contributed by atoms with Crippen molar-refractivity contribution in [3.8, 4) is 0 Å². The molecule has 1 saturated heterocycles. The lowest BCUT2D eigenvalue weighted by Gasteiger charge is -2.30. The number of hydrogen-bond acceptors (Lipinski definition) is 3. The van der Waals surface area contributed by atoms with Crippen molar-refractivity contribution < 1.29 is 9.84 Å². The van der Waals surface area contributed by atoms with E-state index < -0.39 is 0 Å². The highest BCUT2D eigenvalue weighted by Crippen LogP contribution is 2.18. The van der Waals surface area contributed by atoms with E-state index in [1.165, 1.54) is 12.8 Å². The van der Waals surface area contributed by atoms with E-state index in [1.54, 1.807) is 0 Å². The Morgan fingerprint density at radius 2 is 2.00 bits per heavy atom. The molecule has 2 N–H and O–H groups in total. The third-order valence-electron chi connectivity index (χ3n) is 3.08.